The predicted octanol–water partition coefficient (Wildman–Crippen LogP) is 5.08. The van der Waals surface area contributed by atoms with Crippen LogP contribution < -0.4 is 4.74 Å². The van der Waals surface area contributed by atoms with Crippen LogP contribution in [0.1, 0.15) is 18.5 Å². The number of nitrogens with zero attached hydrogens (tertiary/aromatic N) is 2. The summed E-state index contributed by atoms with van der Waals surface area (Å²) in [5.74, 6) is 0.879. The number of ether oxygens (including phenoxy) is 1. The highest BCUT2D eigenvalue weighted by Gasteiger charge is 2.16. The van der Waals surface area contributed by atoms with Gasteiger partial charge in [0.15, 0.2) is 0 Å². The summed E-state index contributed by atoms with van der Waals surface area (Å²) in [5.41, 5.74) is 4.95. The van der Waals surface area contributed by atoms with Crippen LogP contribution in [0.5, 0.6) is 5.75 Å². The van der Waals surface area contributed by atoms with Crippen LogP contribution in [0, 0.1) is 0 Å². The maximum Gasteiger partial charge on any atom is 0.119 e. The van der Waals surface area contributed by atoms with Gasteiger partial charge < -0.3 is 14.2 Å². The average molecular weight is 362 g/mol. The molecule has 1 aliphatic heterocycles. The van der Waals surface area contributed by atoms with Crippen molar-refractivity contribution in [2.75, 3.05) is 20.7 Å². The molecule has 0 saturated carbocycles. The first-order valence-electron chi connectivity index (χ1n) is 8.84. The van der Waals surface area contributed by atoms with Crippen molar-refractivity contribution in [1.82, 2.24) is 9.47 Å². The van der Waals surface area contributed by atoms with Crippen molar-refractivity contribution in [2.45, 2.75) is 12.8 Å². The molecule has 0 radical (unpaired) electrons. The van der Waals surface area contributed by atoms with Crippen molar-refractivity contribution in [3.63, 3.8) is 0 Å². The molecule has 0 N–H and O–H groups in total. The minimum absolute atomic E-state index is 0.879. The molecule has 3 aromatic rings. The molecular weight excluding hydrogens is 340 g/mol. The molecule has 132 valence electrons. The summed E-state index contributed by atoms with van der Waals surface area (Å²) in [7, 11) is 3.78. The van der Waals surface area contributed by atoms with Crippen LogP contribution in [0.4, 0.5) is 0 Å². The maximum atomic E-state index is 5.41. The van der Waals surface area contributed by atoms with Crippen LogP contribution in [0.2, 0.25) is 0 Å². The lowest BCUT2D eigenvalue weighted by Crippen LogP contribution is -2.31. The van der Waals surface area contributed by atoms with E-state index in [4.69, 9.17) is 17.0 Å². The van der Waals surface area contributed by atoms with Crippen molar-refractivity contribution < 1.29 is 4.74 Å². The van der Waals surface area contributed by atoms with E-state index in [9.17, 15) is 0 Å². The van der Waals surface area contributed by atoms with E-state index in [2.05, 4.69) is 65.1 Å². The van der Waals surface area contributed by atoms with E-state index >= 15 is 0 Å². The number of piperidine rings is 1. The largest absolute Gasteiger partial charge is 0.497 e. The van der Waals surface area contributed by atoms with Gasteiger partial charge in [0, 0.05) is 36.8 Å². The molecule has 2 heterocycles. The number of fused-ring (bicyclic) bond motifs is 1. The van der Waals surface area contributed by atoms with E-state index < -0.39 is 0 Å². The lowest BCUT2D eigenvalue weighted by atomic mass is 10.0. The van der Waals surface area contributed by atoms with Crippen LogP contribution in [0.3, 0.4) is 0 Å². The van der Waals surface area contributed by atoms with Crippen molar-refractivity contribution in [2.24, 2.45) is 0 Å². The SMILES string of the molecule is COc1ccc2c(c1)cc(C=C1CCC(=S)N(C)C1)n2-c1ccccc1. The second kappa shape index (κ2) is 6.96. The van der Waals surface area contributed by atoms with Crippen LogP contribution in [-0.4, -0.2) is 35.2 Å². The molecule has 1 fully saturated rings. The molecule has 0 spiro atoms. The van der Waals surface area contributed by atoms with Crippen LogP contribution >= 0.6 is 12.2 Å². The molecule has 1 aliphatic rings. The Morgan fingerprint density at radius 1 is 1.04 bits per heavy atom. The van der Waals surface area contributed by atoms with E-state index in [1.165, 1.54) is 27.9 Å². The molecule has 4 heteroatoms. The van der Waals surface area contributed by atoms with Crippen molar-refractivity contribution in [1.29, 1.82) is 0 Å². The molecule has 0 bridgehead atoms. The van der Waals surface area contributed by atoms with Gasteiger partial charge >= 0.3 is 0 Å². The summed E-state index contributed by atoms with van der Waals surface area (Å²) >= 11 is 5.41. The highest BCUT2D eigenvalue weighted by Crippen LogP contribution is 2.30. The minimum atomic E-state index is 0.879. The summed E-state index contributed by atoms with van der Waals surface area (Å²) in [6.07, 6.45) is 4.30. The van der Waals surface area contributed by atoms with Crippen molar-refractivity contribution >= 4 is 34.2 Å². The number of para-hydroxylation sites is 1. The average Bonchev–Trinajstić information content (AvgIpc) is 3.02. The summed E-state index contributed by atoms with van der Waals surface area (Å²) in [5, 5.41) is 1.18. The first-order chi connectivity index (χ1) is 12.7. The monoisotopic (exact) mass is 362 g/mol. The van der Waals surface area contributed by atoms with Gasteiger partial charge in [-0.2, -0.15) is 0 Å². The fourth-order valence-corrected chi connectivity index (χ4v) is 3.74. The Labute approximate surface area is 159 Å². The Morgan fingerprint density at radius 2 is 1.85 bits per heavy atom. The van der Waals surface area contributed by atoms with Gasteiger partial charge in [-0.3, -0.25) is 0 Å². The zero-order valence-electron chi connectivity index (χ0n) is 15.1. The van der Waals surface area contributed by atoms with E-state index in [0.29, 0.717) is 0 Å². The van der Waals surface area contributed by atoms with Gasteiger partial charge in [0.1, 0.15) is 5.75 Å². The molecule has 2 aromatic carbocycles. The fraction of sp³-hybridized carbons (Fsp3) is 0.227. The fourth-order valence-electron chi connectivity index (χ4n) is 3.57. The summed E-state index contributed by atoms with van der Waals surface area (Å²) in [4.78, 5) is 3.22. The Bertz CT molecular complexity index is 988. The Hall–Kier alpha value is -2.59. The van der Waals surface area contributed by atoms with Crippen LogP contribution in [0.15, 0.2) is 60.2 Å². The predicted molar refractivity (Wildman–Crippen MR) is 112 cm³/mol. The molecule has 26 heavy (non-hydrogen) atoms. The molecule has 1 saturated heterocycles. The van der Waals surface area contributed by atoms with E-state index in [1.807, 2.05) is 12.1 Å². The number of aromatic nitrogens is 1. The molecule has 3 nitrogen and oxygen atoms in total. The number of methoxy groups -OCH3 is 1. The lowest BCUT2D eigenvalue weighted by Gasteiger charge is -2.27. The molecule has 0 aliphatic carbocycles. The topological polar surface area (TPSA) is 17.4 Å². The first kappa shape index (κ1) is 16.9. The Balaban J connectivity index is 1.86. The third kappa shape index (κ3) is 3.13. The number of likely N-dealkylation sites (tertiary alicyclic amines) is 1. The number of likely N-dealkylation sites (N-methyl/N-ethyl adjacent to an activating group) is 1. The van der Waals surface area contributed by atoms with Crippen molar-refractivity contribution in [3.8, 4) is 11.4 Å². The quantitative estimate of drug-likeness (QED) is 0.605. The highest BCUT2D eigenvalue weighted by atomic mass is 32.1. The molecule has 0 amide bonds. The summed E-state index contributed by atoms with van der Waals surface area (Å²) in [6.45, 7) is 0.901. The van der Waals surface area contributed by atoms with Gasteiger partial charge in [0.05, 0.1) is 17.6 Å². The molecule has 0 unspecified atom stereocenters. The first-order valence-corrected chi connectivity index (χ1v) is 9.25. The zero-order valence-corrected chi connectivity index (χ0v) is 15.9. The Kier molecular flexibility index (Phi) is 4.51. The smallest absolute Gasteiger partial charge is 0.119 e. The van der Waals surface area contributed by atoms with Gasteiger partial charge in [-0.25, -0.2) is 0 Å². The lowest BCUT2D eigenvalue weighted by molar-refractivity contribution is 0.415. The maximum absolute atomic E-state index is 5.41. The second-order valence-electron chi connectivity index (χ2n) is 6.72. The normalized spacial score (nSPS) is 16.5. The molecular formula is C22H22N2OS. The highest BCUT2D eigenvalue weighted by molar-refractivity contribution is 7.80. The molecule has 1 aromatic heterocycles. The van der Waals surface area contributed by atoms with Crippen molar-refractivity contribution in [3.05, 3.63) is 65.9 Å². The third-order valence-corrected chi connectivity index (χ3v) is 5.45. The number of rotatable bonds is 3. The standard InChI is InChI=1S/C22H22N2OS/c1-23-15-16(8-11-22(23)26)12-19-13-17-14-20(25-2)9-10-21(17)24(19)18-6-4-3-5-7-18/h3-7,9-10,12-14H,8,11,15H2,1-2H3. The van der Waals surface area contributed by atoms with Gasteiger partial charge in [0.25, 0.3) is 0 Å². The number of benzene rings is 2. The number of hydrogen-bond donors (Lipinski definition) is 0. The van der Waals surface area contributed by atoms with Gasteiger partial charge in [0.2, 0.25) is 0 Å². The zero-order chi connectivity index (χ0) is 18.1. The number of thiocarbonyl (C=S) groups is 1. The Morgan fingerprint density at radius 3 is 2.58 bits per heavy atom. The second-order valence-corrected chi connectivity index (χ2v) is 7.19. The molecule has 0 atom stereocenters. The molecule has 4 rings (SSSR count). The van der Waals surface area contributed by atoms with Crippen LogP contribution in [-0.2, 0) is 0 Å². The minimum Gasteiger partial charge on any atom is -0.497 e. The number of hydrogen-bond acceptors (Lipinski definition) is 2. The summed E-state index contributed by atoms with van der Waals surface area (Å²) < 4.78 is 7.72. The van der Waals surface area contributed by atoms with Gasteiger partial charge in [-0.15, -0.1) is 0 Å². The van der Waals surface area contributed by atoms with Gasteiger partial charge in [-0.1, -0.05) is 30.4 Å². The van der Waals surface area contributed by atoms with Gasteiger partial charge in [-0.05, 0) is 54.5 Å². The van der Waals surface area contributed by atoms with E-state index in [0.717, 1.165) is 30.1 Å². The van der Waals surface area contributed by atoms with E-state index in [1.54, 1.807) is 7.11 Å². The third-order valence-electron chi connectivity index (χ3n) is 4.93. The van der Waals surface area contributed by atoms with Crippen LogP contribution in [0.25, 0.3) is 22.7 Å². The van der Waals surface area contributed by atoms with E-state index in [-0.39, 0.29) is 0 Å². The summed E-state index contributed by atoms with van der Waals surface area (Å²) in [6, 6.07) is 19.0.